The quantitative estimate of drug-likeness (QED) is 0.693. The molecule has 1 heterocycles. The first-order valence-corrected chi connectivity index (χ1v) is 5.09. The van der Waals surface area contributed by atoms with E-state index in [-0.39, 0.29) is 0 Å². The predicted molar refractivity (Wildman–Crippen MR) is 55.0 cm³/mol. The number of aliphatic carboxylic acids is 1. The number of nitrogens with zero attached hydrogens (tertiary/aromatic N) is 4. The highest BCUT2D eigenvalue weighted by atomic mass is 16.5. The Morgan fingerprint density at radius 3 is 2.81 bits per heavy atom. The molecule has 16 heavy (non-hydrogen) atoms. The smallest absolute Gasteiger partial charge is 0.331 e. The van der Waals surface area contributed by atoms with Crippen LogP contribution in [0, 0.1) is 0 Å². The third-order valence-electron chi connectivity index (χ3n) is 2.26. The normalized spacial score (nSPS) is 11.7. The van der Waals surface area contributed by atoms with Crippen LogP contribution in [0.5, 0.6) is 0 Å². The van der Waals surface area contributed by atoms with Crippen molar-refractivity contribution in [2.75, 3.05) is 13.2 Å². The van der Waals surface area contributed by atoms with Gasteiger partial charge in [0.15, 0.2) is 11.4 Å². The highest BCUT2D eigenvalue weighted by Gasteiger charge is 2.33. The van der Waals surface area contributed by atoms with E-state index in [0.29, 0.717) is 25.5 Å². The fourth-order valence-corrected chi connectivity index (χ4v) is 1.19. The third kappa shape index (κ3) is 2.54. The molecule has 0 unspecified atom stereocenters. The second-order valence-corrected chi connectivity index (χ2v) is 3.82. The minimum Gasteiger partial charge on any atom is -0.479 e. The number of tetrazole rings is 1. The molecule has 0 aromatic carbocycles. The van der Waals surface area contributed by atoms with Crippen molar-refractivity contribution in [3.05, 3.63) is 5.82 Å². The lowest BCUT2D eigenvalue weighted by Gasteiger charge is -2.20. The fraction of sp³-hybridized carbons (Fsp3) is 0.778. The molecule has 0 fully saturated rings. The zero-order valence-corrected chi connectivity index (χ0v) is 9.67. The Hall–Kier alpha value is -1.50. The van der Waals surface area contributed by atoms with Gasteiger partial charge in [0.2, 0.25) is 0 Å². The van der Waals surface area contributed by atoms with Crippen LogP contribution in [0.3, 0.4) is 0 Å². The van der Waals surface area contributed by atoms with E-state index in [9.17, 15) is 4.79 Å². The number of aromatic nitrogens is 4. The maximum absolute atomic E-state index is 11.1. The standard InChI is InChI=1S/C9H16N4O3/c1-4-16-6-5-7-10-11-12-13(7)9(2,3)8(14)15/h4-6H2,1-3H3,(H,14,15). The molecule has 0 aliphatic rings. The average molecular weight is 228 g/mol. The van der Waals surface area contributed by atoms with E-state index >= 15 is 0 Å². The van der Waals surface area contributed by atoms with Gasteiger partial charge in [0, 0.05) is 13.0 Å². The van der Waals surface area contributed by atoms with Crippen molar-refractivity contribution in [2.45, 2.75) is 32.7 Å². The summed E-state index contributed by atoms with van der Waals surface area (Å²) in [5, 5.41) is 20.1. The summed E-state index contributed by atoms with van der Waals surface area (Å²) >= 11 is 0. The molecule has 7 heteroatoms. The highest BCUT2D eigenvalue weighted by Crippen LogP contribution is 2.15. The van der Waals surface area contributed by atoms with Crippen LogP contribution in [0.2, 0.25) is 0 Å². The third-order valence-corrected chi connectivity index (χ3v) is 2.26. The van der Waals surface area contributed by atoms with E-state index in [2.05, 4.69) is 15.5 Å². The van der Waals surface area contributed by atoms with Gasteiger partial charge >= 0.3 is 5.97 Å². The highest BCUT2D eigenvalue weighted by molar-refractivity contribution is 5.75. The Labute approximate surface area is 93.4 Å². The molecule has 0 spiro atoms. The van der Waals surface area contributed by atoms with Gasteiger partial charge in [0.1, 0.15) is 0 Å². The Kier molecular flexibility index (Phi) is 3.94. The van der Waals surface area contributed by atoms with Crippen molar-refractivity contribution >= 4 is 5.97 Å². The van der Waals surface area contributed by atoms with Gasteiger partial charge in [-0.05, 0) is 31.2 Å². The lowest BCUT2D eigenvalue weighted by atomic mass is 10.1. The summed E-state index contributed by atoms with van der Waals surface area (Å²) in [7, 11) is 0. The van der Waals surface area contributed by atoms with E-state index in [1.807, 2.05) is 6.92 Å². The second kappa shape index (κ2) is 5.02. The van der Waals surface area contributed by atoms with Crippen molar-refractivity contribution in [1.82, 2.24) is 20.2 Å². The van der Waals surface area contributed by atoms with E-state index in [1.165, 1.54) is 4.68 Å². The van der Waals surface area contributed by atoms with Crippen molar-refractivity contribution in [1.29, 1.82) is 0 Å². The molecule has 0 amide bonds. The van der Waals surface area contributed by atoms with Gasteiger partial charge in [-0.15, -0.1) is 5.10 Å². The summed E-state index contributed by atoms with van der Waals surface area (Å²) in [6.07, 6.45) is 0.498. The van der Waals surface area contributed by atoms with E-state index in [0.717, 1.165) is 0 Å². The monoisotopic (exact) mass is 228 g/mol. The SMILES string of the molecule is CCOCCc1nnnn1C(C)(C)C(=O)O. The Morgan fingerprint density at radius 1 is 1.56 bits per heavy atom. The number of ether oxygens (including phenoxy) is 1. The first-order valence-electron chi connectivity index (χ1n) is 5.09. The molecule has 1 rings (SSSR count). The number of carbonyl (C=O) groups is 1. The molecular weight excluding hydrogens is 212 g/mol. The molecule has 0 saturated carbocycles. The first-order chi connectivity index (χ1) is 7.50. The lowest BCUT2D eigenvalue weighted by molar-refractivity contribution is -0.146. The summed E-state index contributed by atoms with van der Waals surface area (Å²) in [4.78, 5) is 11.1. The van der Waals surface area contributed by atoms with E-state index in [1.54, 1.807) is 13.8 Å². The molecule has 0 atom stereocenters. The van der Waals surface area contributed by atoms with Crippen LogP contribution >= 0.6 is 0 Å². The summed E-state index contributed by atoms with van der Waals surface area (Å²) in [6, 6.07) is 0. The second-order valence-electron chi connectivity index (χ2n) is 3.82. The summed E-state index contributed by atoms with van der Waals surface area (Å²) in [6.45, 7) is 6.09. The minimum absolute atomic E-state index is 0.479. The van der Waals surface area contributed by atoms with E-state index in [4.69, 9.17) is 9.84 Å². The van der Waals surface area contributed by atoms with Crippen LogP contribution in [0.4, 0.5) is 0 Å². The maximum Gasteiger partial charge on any atom is 0.331 e. The molecule has 0 bridgehead atoms. The molecule has 1 aromatic heterocycles. The lowest BCUT2D eigenvalue weighted by Crippen LogP contribution is -2.38. The zero-order valence-electron chi connectivity index (χ0n) is 9.67. The van der Waals surface area contributed by atoms with Crippen LogP contribution in [0.1, 0.15) is 26.6 Å². The van der Waals surface area contributed by atoms with Crippen LogP contribution in [-0.4, -0.2) is 44.5 Å². The molecule has 0 radical (unpaired) electrons. The van der Waals surface area contributed by atoms with Crippen molar-refractivity contribution in [2.24, 2.45) is 0 Å². The zero-order chi connectivity index (χ0) is 12.2. The van der Waals surface area contributed by atoms with Crippen molar-refractivity contribution < 1.29 is 14.6 Å². The summed E-state index contributed by atoms with van der Waals surface area (Å²) in [5.74, 6) is -0.460. The Morgan fingerprint density at radius 2 is 2.25 bits per heavy atom. The molecule has 0 aliphatic heterocycles. The average Bonchev–Trinajstić information content (AvgIpc) is 2.66. The molecule has 1 aromatic rings. The van der Waals surface area contributed by atoms with Gasteiger partial charge < -0.3 is 9.84 Å². The topological polar surface area (TPSA) is 90.1 Å². The molecule has 90 valence electrons. The van der Waals surface area contributed by atoms with Crippen LogP contribution in [0.25, 0.3) is 0 Å². The number of rotatable bonds is 6. The Bertz CT molecular complexity index is 361. The number of hydrogen-bond donors (Lipinski definition) is 1. The summed E-state index contributed by atoms with van der Waals surface area (Å²) in [5.41, 5.74) is -1.15. The molecule has 0 aliphatic carbocycles. The number of hydrogen-bond acceptors (Lipinski definition) is 5. The molecular formula is C9H16N4O3. The van der Waals surface area contributed by atoms with Gasteiger partial charge in [-0.2, -0.15) is 0 Å². The minimum atomic E-state index is -1.15. The van der Waals surface area contributed by atoms with Gasteiger partial charge in [0.05, 0.1) is 6.61 Å². The van der Waals surface area contributed by atoms with Crippen molar-refractivity contribution in [3.8, 4) is 0 Å². The number of carboxylic acids is 1. The molecule has 1 N–H and O–H groups in total. The maximum atomic E-state index is 11.1. The van der Waals surface area contributed by atoms with Crippen LogP contribution in [-0.2, 0) is 21.5 Å². The van der Waals surface area contributed by atoms with Gasteiger partial charge in [-0.25, -0.2) is 9.48 Å². The molecule has 0 saturated heterocycles. The van der Waals surface area contributed by atoms with Gasteiger partial charge in [-0.1, -0.05) is 0 Å². The first kappa shape index (κ1) is 12.6. The number of carboxylic acid groups (broad SMARTS) is 1. The van der Waals surface area contributed by atoms with Crippen LogP contribution < -0.4 is 0 Å². The van der Waals surface area contributed by atoms with Gasteiger partial charge in [0.25, 0.3) is 0 Å². The fourth-order valence-electron chi connectivity index (χ4n) is 1.19. The van der Waals surface area contributed by atoms with E-state index < -0.39 is 11.5 Å². The Balaban J connectivity index is 2.81. The molecule has 7 nitrogen and oxygen atoms in total. The van der Waals surface area contributed by atoms with Crippen molar-refractivity contribution in [3.63, 3.8) is 0 Å². The largest absolute Gasteiger partial charge is 0.479 e. The van der Waals surface area contributed by atoms with Gasteiger partial charge in [-0.3, -0.25) is 0 Å². The predicted octanol–water partition coefficient (Wildman–Crippen LogP) is 0.0718. The van der Waals surface area contributed by atoms with Crippen LogP contribution in [0.15, 0.2) is 0 Å². The summed E-state index contributed by atoms with van der Waals surface area (Å²) < 4.78 is 6.49.